The molecule has 2 amide bonds. The Kier molecular flexibility index (Phi) is 9.73. The fourth-order valence-electron chi connectivity index (χ4n) is 7.17. The lowest BCUT2D eigenvalue weighted by atomic mass is 9.92. The molecule has 3 aliphatic rings. The zero-order valence-corrected chi connectivity index (χ0v) is 29.1. The van der Waals surface area contributed by atoms with Crippen molar-refractivity contribution in [2.75, 3.05) is 44.5 Å². The minimum atomic E-state index is -0.254. The van der Waals surface area contributed by atoms with Gasteiger partial charge < -0.3 is 28.8 Å². The number of aryl methyl sites for hydroxylation is 1. The molecule has 5 aromatic rings. The van der Waals surface area contributed by atoms with Crippen LogP contribution in [0.4, 0.5) is 11.4 Å². The molecule has 4 heterocycles. The molecule has 1 saturated heterocycles. The Morgan fingerprint density at radius 2 is 1.51 bits per heavy atom. The molecular formula is C40H39ClN4O6. The van der Waals surface area contributed by atoms with E-state index >= 15 is 0 Å². The molecule has 10 nitrogen and oxygen atoms in total. The molecule has 1 N–H and O–H groups in total. The summed E-state index contributed by atoms with van der Waals surface area (Å²) < 4.78 is 19.1. The van der Waals surface area contributed by atoms with Gasteiger partial charge in [-0.3, -0.25) is 19.4 Å². The van der Waals surface area contributed by atoms with Crippen LogP contribution in [0.15, 0.2) is 103 Å². The summed E-state index contributed by atoms with van der Waals surface area (Å²) in [7, 11) is 0. The van der Waals surface area contributed by atoms with Crippen molar-refractivity contribution in [1.29, 1.82) is 0 Å². The van der Waals surface area contributed by atoms with Crippen molar-refractivity contribution in [3.63, 3.8) is 0 Å². The number of morpholine rings is 1. The zero-order chi connectivity index (χ0) is 34.2. The van der Waals surface area contributed by atoms with E-state index in [2.05, 4.69) is 23.1 Å². The molecule has 8 rings (SSSR count). The van der Waals surface area contributed by atoms with Crippen molar-refractivity contribution < 1.29 is 28.9 Å². The first-order chi connectivity index (χ1) is 24.4. The summed E-state index contributed by atoms with van der Waals surface area (Å²) in [5.74, 6) is 0.808. The highest BCUT2D eigenvalue weighted by molar-refractivity contribution is 6.11. The van der Waals surface area contributed by atoms with E-state index in [-0.39, 0.29) is 42.8 Å². The number of para-hydroxylation sites is 1. The van der Waals surface area contributed by atoms with Gasteiger partial charge in [0.25, 0.3) is 11.8 Å². The minimum absolute atomic E-state index is 0. The number of amides is 2. The summed E-state index contributed by atoms with van der Waals surface area (Å²) in [6.07, 6.45) is 2.53. The molecule has 51 heavy (non-hydrogen) atoms. The highest BCUT2D eigenvalue weighted by Gasteiger charge is 2.35. The number of aromatic hydroxyl groups is 1. The van der Waals surface area contributed by atoms with Crippen molar-refractivity contribution in [1.82, 2.24) is 14.4 Å². The van der Waals surface area contributed by atoms with Gasteiger partial charge in [-0.2, -0.15) is 0 Å². The summed E-state index contributed by atoms with van der Waals surface area (Å²) in [6, 6.07) is 29.7. The number of anilines is 2. The average molecular weight is 707 g/mol. The van der Waals surface area contributed by atoms with Gasteiger partial charge in [-0.15, -0.1) is 12.4 Å². The predicted molar refractivity (Wildman–Crippen MR) is 196 cm³/mol. The van der Waals surface area contributed by atoms with E-state index in [9.17, 15) is 14.7 Å². The van der Waals surface area contributed by atoms with E-state index in [1.165, 1.54) is 5.56 Å². The van der Waals surface area contributed by atoms with E-state index in [1.54, 1.807) is 41.4 Å². The molecule has 0 bridgehead atoms. The number of carbonyl (C=O) groups excluding carboxylic acids is 2. The second kappa shape index (κ2) is 14.5. The molecule has 0 unspecified atom stereocenters. The molecule has 262 valence electrons. The summed E-state index contributed by atoms with van der Waals surface area (Å²) in [6.45, 7) is 6.26. The molecule has 11 heteroatoms. The van der Waals surface area contributed by atoms with Gasteiger partial charge in [0, 0.05) is 61.6 Å². The first kappa shape index (κ1) is 34.2. The molecule has 4 aromatic carbocycles. The van der Waals surface area contributed by atoms with Crippen LogP contribution >= 0.6 is 12.4 Å². The number of phenolic OH excluding ortho intramolecular Hbond substituents is 1. The Labute approximate surface area is 302 Å². The Hall–Kier alpha value is -5.29. The summed E-state index contributed by atoms with van der Waals surface area (Å²) in [4.78, 5) is 35.2. The van der Waals surface area contributed by atoms with E-state index in [0.29, 0.717) is 59.4 Å². The van der Waals surface area contributed by atoms with Crippen LogP contribution in [0.1, 0.15) is 37.5 Å². The lowest BCUT2D eigenvalue weighted by molar-refractivity contribution is 0.0192. The minimum Gasteiger partial charge on any atom is -0.508 e. The average Bonchev–Trinajstić information content (AvgIpc) is 3.78. The van der Waals surface area contributed by atoms with Crippen LogP contribution < -0.4 is 14.4 Å². The maximum absolute atomic E-state index is 14.9. The van der Waals surface area contributed by atoms with Crippen LogP contribution in [0.2, 0.25) is 0 Å². The van der Waals surface area contributed by atoms with Gasteiger partial charge in [-0.05, 0) is 73.0 Å². The van der Waals surface area contributed by atoms with E-state index in [0.717, 1.165) is 37.3 Å². The van der Waals surface area contributed by atoms with Crippen LogP contribution in [-0.4, -0.2) is 77.0 Å². The van der Waals surface area contributed by atoms with Crippen LogP contribution in [0, 0.1) is 6.92 Å². The largest absolute Gasteiger partial charge is 0.508 e. The number of benzene rings is 4. The number of rotatable bonds is 7. The summed E-state index contributed by atoms with van der Waals surface area (Å²) in [5, 5.41) is 9.94. The fourth-order valence-corrected chi connectivity index (χ4v) is 7.17. The third kappa shape index (κ3) is 6.78. The fraction of sp³-hybridized carbons (Fsp3) is 0.250. The van der Waals surface area contributed by atoms with E-state index < -0.39 is 0 Å². The lowest BCUT2D eigenvalue weighted by Gasteiger charge is -2.40. The van der Waals surface area contributed by atoms with Crippen molar-refractivity contribution in [3.8, 4) is 22.9 Å². The van der Waals surface area contributed by atoms with Crippen molar-refractivity contribution in [3.05, 3.63) is 131 Å². The molecule has 0 aliphatic carbocycles. The maximum Gasteiger partial charge on any atom is 0.264 e. The first-order valence-electron chi connectivity index (χ1n) is 16.9. The number of hydrogen-bond acceptors (Lipinski definition) is 7. The Morgan fingerprint density at radius 3 is 2.25 bits per heavy atom. The molecular weight excluding hydrogens is 668 g/mol. The number of phenols is 1. The third-order valence-corrected chi connectivity index (χ3v) is 9.75. The maximum atomic E-state index is 14.9. The number of aromatic nitrogens is 1. The Bertz CT molecular complexity index is 2040. The monoisotopic (exact) mass is 706 g/mol. The van der Waals surface area contributed by atoms with Crippen molar-refractivity contribution in [2.24, 2.45) is 0 Å². The molecule has 3 aliphatic heterocycles. The van der Waals surface area contributed by atoms with Gasteiger partial charge in [-0.1, -0.05) is 42.5 Å². The Balaban J connectivity index is 0.00000406. The first-order valence-corrected chi connectivity index (χ1v) is 16.9. The number of hydrogen-bond donors (Lipinski definition) is 1. The normalized spacial score (nSPS) is 16.6. The quantitative estimate of drug-likeness (QED) is 0.206. The van der Waals surface area contributed by atoms with Crippen molar-refractivity contribution in [2.45, 2.75) is 25.9 Å². The van der Waals surface area contributed by atoms with Gasteiger partial charge >= 0.3 is 0 Å². The summed E-state index contributed by atoms with van der Waals surface area (Å²) in [5.41, 5.74) is 5.99. The second-order valence-electron chi connectivity index (χ2n) is 12.9. The van der Waals surface area contributed by atoms with Gasteiger partial charge in [0.15, 0.2) is 11.5 Å². The molecule has 1 fully saturated rings. The molecule has 0 radical (unpaired) electrons. The van der Waals surface area contributed by atoms with Gasteiger partial charge in [0.1, 0.15) is 5.75 Å². The number of carbonyl (C=O) groups is 2. The smallest absolute Gasteiger partial charge is 0.264 e. The highest BCUT2D eigenvalue weighted by Crippen LogP contribution is 2.39. The molecule has 1 atom stereocenters. The Morgan fingerprint density at radius 1 is 0.843 bits per heavy atom. The topological polar surface area (TPSA) is 96.7 Å². The van der Waals surface area contributed by atoms with Crippen LogP contribution in [-0.2, 0) is 17.7 Å². The number of fused-ring (bicyclic) bond motifs is 2. The van der Waals surface area contributed by atoms with Gasteiger partial charge in [0.05, 0.1) is 30.0 Å². The predicted octanol–water partition coefficient (Wildman–Crippen LogP) is 6.52. The van der Waals surface area contributed by atoms with E-state index in [1.807, 2.05) is 64.9 Å². The van der Waals surface area contributed by atoms with Gasteiger partial charge in [0.2, 0.25) is 6.79 Å². The number of halogens is 1. The van der Waals surface area contributed by atoms with Crippen LogP contribution in [0.5, 0.6) is 17.2 Å². The molecule has 1 aromatic heterocycles. The lowest BCUT2D eigenvalue weighted by Crippen LogP contribution is -2.52. The molecule has 0 spiro atoms. The van der Waals surface area contributed by atoms with Gasteiger partial charge in [-0.25, -0.2) is 0 Å². The van der Waals surface area contributed by atoms with Crippen LogP contribution in [0.3, 0.4) is 0 Å². The second-order valence-corrected chi connectivity index (χ2v) is 12.9. The van der Waals surface area contributed by atoms with Crippen LogP contribution in [0.25, 0.3) is 5.69 Å². The molecule has 0 saturated carbocycles. The van der Waals surface area contributed by atoms with Crippen molar-refractivity contribution >= 4 is 35.6 Å². The standard InChI is InChI=1S/C40H38N4O6.ClH/c1-27-19-30(39(46)44(31-9-3-2-4-10-31)32-11-13-34(45)14-12-32)24-42(27)36-22-38-37(49-26-50-38)21-35(36)40(47)43-23-29-8-6-5-7-28(29)20-33(43)25-41-15-17-48-18-16-41;/h2-14,19,21-22,24,33,45H,15-18,20,23,25-26H2,1H3;1H/t33-;/m0./s1. The zero-order valence-electron chi connectivity index (χ0n) is 28.2. The summed E-state index contributed by atoms with van der Waals surface area (Å²) >= 11 is 0. The highest BCUT2D eigenvalue weighted by atomic mass is 35.5. The van der Waals surface area contributed by atoms with E-state index in [4.69, 9.17) is 14.2 Å². The number of nitrogens with zero attached hydrogens (tertiary/aromatic N) is 4. The number of ether oxygens (including phenoxy) is 3. The SMILES string of the molecule is Cc1cc(C(=O)N(c2ccccc2)c2ccc(O)cc2)cn1-c1cc2c(cc1C(=O)N1Cc3ccccc3C[C@H]1CN1CCOCC1)OCO2.Cl. The third-order valence-electron chi connectivity index (χ3n) is 9.75.